The second-order valence-corrected chi connectivity index (χ2v) is 5.13. The van der Waals surface area contributed by atoms with Gasteiger partial charge in [0.15, 0.2) is 0 Å². The van der Waals surface area contributed by atoms with Crippen molar-refractivity contribution in [3.05, 3.63) is 71.5 Å². The molecule has 0 radical (unpaired) electrons. The monoisotopic (exact) mass is 271 g/mol. The quantitative estimate of drug-likeness (QED) is 0.848. The van der Waals surface area contributed by atoms with E-state index in [2.05, 4.69) is 17.0 Å². The molecular formula is C17H18FNO. The Hall–Kier alpha value is -1.71. The van der Waals surface area contributed by atoms with Gasteiger partial charge < -0.3 is 4.74 Å². The van der Waals surface area contributed by atoms with Crippen LogP contribution in [0.5, 0.6) is 0 Å². The highest BCUT2D eigenvalue weighted by molar-refractivity contribution is 5.19. The lowest BCUT2D eigenvalue weighted by Gasteiger charge is -2.33. The maximum Gasteiger partial charge on any atom is 0.123 e. The molecule has 2 aromatic carbocycles. The first kappa shape index (κ1) is 13.3. The molecule has 1 atom stereocenters. The highest BCUT2D eigenvalue weighted by atomic mass is 19.1. The van der Waals surface area contributed by atoms with Gasteiger partial charge in [0.25, 0.3) is 0 Å². The van der Waals surface area contributed by atoms with Gasteiger partial charge in [-0.1, -0.05) is 42.5 Å². The van der Waals surface area contributed by atoms with Gasteiger partial charge in [-0.15, -0.1) is 0 Å². The maximum atomic E-state index is 12.9. The van der Waals surface area contributed by atoms with Crippen LogP contribution in [0.25, 0.3) is 0 Å². The highest BCUT2D eigenvalue weighted by Gasteiger charge is 2.21. The average molecular weight is 271 g/mol. The summed E-state index contributed by atoms with van der Waals surface area (Å²) < 4.78 is 18.8. The van der Waals surface area contributed by atoms with Crippen molar-refractivity contribution >= 4 is 0 Å². The van der Waals surface area contributed by atoms with Gasteiger partial charge in [-0.3, -0.25) is 4.90 Å². The van der Waals surface area contributed by atoms with Gasteiger partial charge >= 0.3 is 0 Å². The molecule has 104 valence electrons. The van der Waals surface area contributed by atoms with Gasteiger partial charge in [0.1, 0.15) is 5.82 Å². The molecule has 0 aromatic heterocycles. The van der Waals surface area contributed by atoms with E-state index < -0.39 is 0 Å². The molecule has 0 saturated carbocycles. The van der Waals surface area contributed by atoms with Crippen molar-refractivity contribution in [2.24, 2.45) is 0 Å². The molecule has 2 nitrogen and oxygen atoms in total. The van der Waals surface area contributed by atoms with Crippen molar-refractivity contribution in [1.29, 1.82) is 0 Å². The van der Waals surface area contributed by atoms with Crippen LogP contribution in [0.2, 0.25) is 0 Å². The summed E-state index contributed by atoms with van der Waals surface area (Å²) in [6.45, 7) is 3.37. The summed E-state index contributed by atoms with van der Waals surface area (Å²) in [4.78, 5) is 2.36. The van der Waals surface area contributed by atoms with Gasteiger partial charge in [0.2, 0.25) is 0 Å². The van der Waals surface area contributed by atoms with Crippen LogP contribution in [0.15, 0.2) is 54.6 Å². The third-order valence-corrected chi connectivity index (χ3v) is 3.64. The number of hydrogen-bond acceptors (Lipinski definition) is 2. The Morgan fingerprint density at radius 3 is 2.55 bits per heavy atom. The number of nitrogens with zero attached hydrogens (tertiary/aromatic N) is 1. The molecular weight excluding hydrogens is 253 g/mol. The maximum absolute atomic E-state index is 12.9. The Morgan fingerprint density at radius 1 is 1.05 bits per heavy atom. The van der Waals surface area contributed by atoms with Crippen molar-refractivity contribution in [3.8, 4) is 0 Å². The normalized spacial score (nSPS) is 19.9. The van der Waals surface area contributed by atoms with Crippen LogP contribution < -0.4 is 0 Å². The second-order valence-electron chi connectivity index (χ2n) is 5.13. The fourth-order valence-corrected chi connectivity index (χ4v) is 2.56. The first-order valence-corrected chi connectivity index (χ1v) is 6.94. The van der Waals surface area contributed by atoms with Crippen molar-refractivity contribution in [2.45, 2.75) is 12.6 Å². The summed E-state index contributed by atoms with van der Waals surface area (Å²) >= 11 is 0. The Labute approximate surface area is 118 Å². The van der Waals surface area contributed by atoms with Crippen molar-refractivity contribution in [2.75, 3.05) is 19.7 Å². The molecule has 1 heterocycles. The van der Waals surface area contributed by atoms with Crippen molar-refractivity contribution < 1.29 is 9.13 Å². The topological polar surface area (TPSA) is 12.5 Å². The van der Waals surface area contributed by atoms with Gasteiger partial charge in [-0.2, -0.15) is 0 Å². The van der Waals surface area contributed by atoms with Gasteiger partial charge in [-0.05, 0) is 23.3 Å². The van der Waals surface area contributed by atoms with E-state index in [1.54, 1.807) is 0 Å². The lowest BCUT2D eigenvalue weighted by molar-refractivity contribution is -0.0329. The number of halogens is 1. The number of morpholine rings is 1. The number of hydrogen-bond donors (Lipinski definition) is 0. The van der Waals surface area contributed by atoms with Gasteiger partial charge in [0, 0.05) is 19.6 Å². The molecule has 0 amide bonds. The molecule has 1 aliphatic rings. The van der Waals surface area contributed by atoms with E-state index in [1.807, 2.05) is 30.3 Å². The molecule has 1 aliphatic heterocycles. The Bertz CT molecular complexity index is 541. The number of ether oxygens (including phenoxy) is 1. The molecule has 0 bridgehead atoms. The fraction of sp³-hybridized carbons (Fsp3) is 0.294. The van der Waals surface area contributed by atoms with Gasteiger partial charge in [0.05, 0.1) is 12.7 Å². The summed E-state index contributed by atoms with van der Waals surface area (Å²) in [5.74, 6) is -0.183. The van der Waals surface area contributed by atoms with Crippen LogP contribution in [0.3, 0.4) is 0 Å². The van der Waals surface area contributed by atoms with E-state index in [9.17, 15) is 4.39 Å². The third kappa shape index (κ3) is 3.24. The Morgan fingerprint density at radius 2 is 1.80 bits per heavy atom. The lowest BCUT2D eigenvalue weighted by Crippen LogP contribution is -2.37. The van der Waals surface area contributed by atoms with Crippen molar-refractivity contribution in [1.82, 2.24) is 4.90 Å². The molecule has 0 aliphatic carbocycles. The minimum absolute atomic E-state index is 0.130. The molecule has 1 saturated heterocycles. The largest absolute Gasteiger partial charge is 0.371 e. The molecule has 1 unspecified atom stereocenters. The zero-order valence-corrected chi connectivity index (χ0v) is 11.3. The van der Waals surface area contributed by atoms with Crippen LogP contribution in [0.4, 0.5) is 4.39 Å². The lowest BCUT2D eigenvalue weighted by atomic mass is 10.1. The summed E-state index contributed by atoms with van der Waals surface area (Å²) in [7, 11) is 0. The summed E-state index contributed by atoms with van der Waals surface area (Å²) in [6, 6.07) is 17.0. The van der Waals surface area contributed by atoms with E-state index in [0.717, 1.165) is 31.8 Å². The molecule has 0 N–H and O–H groups in total. The molecule has 3 rings (SSSR count). The molecule has 3 heteroatoms. The van der Waals surface area contributed by atoms with Crippen molar-refractivity contribution in [3.63, 3.8) is 0 Å². The average Bonchev–Trinajstić information content (AvgIpc) is 2.51. The minimum Gasteiger partial charge on any atom is -0.371 e. The van der Waals surface area contributed by atoms with E-state index in [0.29, 0.717) is 0 Å². The first-order chi connectivity index (χ1) is 9.81. The molecule has 2 aromatic rings. The van der Waals surface area contributed by atoms with E-state index in [4.69, 9.17) is 4.74 Å². The fourth-order valence-electron chi connectivity index (χ4n) is 2.56. The highest BCUT2D eigenvalue weighted by Crippen LogP contribution is 2.23. The van der Waals surface area contributed by atoms with Crippen LogP contribution in [0, 0.1) is 5.82 Å². The first-order valence-electron chi connectivity index (χ1n) is 6.94. The predicted octanol–water partition coefficient (Wildman–Crippen LogP) is 3.40. The zero-order chi connectivity index (χ0) is 13.8. The van der Waals surface area contributed by atoms with E-state index in [1.165, 1.54) is 17.7 Å². The van der Waals surface area contributed by atoms with Crippen LogP contribution >= 0.6 is 0 Å². The van der Waals surface area contributed by atoms with Crippen LogP contribution in [-0.4, -0.2) is 24.6 Å². The summed E-state index contributed by atoms with van der Waals surface area (Å²) in [5.41, 5.74) is 2.36. The molecule has 0 spiro atoms. The number of rotatable bonds is 3. The minimum atomic E-state index is -0.183. The number of benzene rings is 2. The van der Waals surface area contributed by atoms with Crippen LogP contribution in [0.1, 0.15) is 17.2 Å². The zero-order valence-electron chi connectivity index (χ0n) is 11.3. The second kappa shape index (κ2) is 6.16. The van der Waals surface area contributed by atoms with E-state index in [-0.39, 0.29) is 11.9 Å². The molecule has 1 fully saturated rings. The van der Waals surface area contributed by atoms with Crippen LogP contribution in [-0.2, 0) is 11.3 Å². The summed E-state index contributed by atoms with van der Waals surface area (Å²) in [6.07, 6.45) is 0.130. The third-order valence-electron chi connectivity index (χ3n) is 3.64. The molecule has 20 heavy (non-hydrogen) atoms. The van der Waals surface area contributed by atoms with E-state index >= 15 is 0 Å². The summed E-state index contributed by atoms with van der Waals surface area (Å²) in [5, 5.41) is 0. The Kier molecular flexibility index (Phi) is 4.09. The SMILES string of the molecule is Fc1ccc(CN2CCOC(c3ccccc3)C2)cc1. The Balaban J connectivity index is 1.65. The standard InChI is InChI=1S/C17H18FNO/c18-16-8-6-14(7-9-16)12-19-10-11-20-17(13-19)15-4-2-1-3-5-15/h1-9,17H,10-13H2. The smallest absolute Gasteiger partial charge is 0.123 e. The predicted molar refractivity (Wildman–Crippen MR) is 76.8 cm³/mol. The van der Waals surface area contributed by atoms with Gasteiger partial charge in [-0.25, -0.2) is 4.39 Å².